The topological polar surface area (TPSA) is 91.4 Å². The summed E-state index contributed by atoms with van der Waals surface area (Å²) in [6.45, 7) is 3.71. The van der Waals surface area contributed by atoms with Crippen molar-refractivity contribution in [2.24, 2.45) is 7.05 Å². The van der Waals surface area contributed by atoms with Crippen molar-refractivity contribution in [3.05, 3.63) is 104 Å². The lowest BCUT2D eigenvalue weighted by Crippen LogP contribution is -2.23. The first-order valence-electron chi connectivity index (χ1n) is 12.3. The molecule has 39 heavy (non-hydrogen) atoms. The van der Waals surface area contributed by atoms with Gasteiger partial charge in [0.25, 0.3) is 5.56 Å². The molecule has 4 heterocycles. The van der Waals surface area contributed by atoms with Crippen LogP contribution in [0.15, 0.2) is 59.8 Å². The Hall–Kier alpha value is -3.95. The van der Waals surface area contributed by atoms with E-state index in [1.807, 2.05) is 26.0 Å². The quantitative estimate of drug-likeness (QED) is 0.268. The van der Waals surface area contributed by atoms with Crippen molar-refractivity contribution in [3.8, 4) is 28.3 Å². The second-order valence-corrected chi connectivity index (χ2v) is 10.5. The molecule has 0 unspecified atom stereocenters. The average Bonchev–Trinajstić information content (AvgIpc) is 3.60. The number of rotatable bonds is 5. The molecule has 4 aromatic heterocycles. The normalized spacial score (nSPS) is 16.5. The van der Waals surface area contributed by atoms with E-state index in [9.17, 15) is 4.79 Å². The number of aryl methyl sites for hydroxylation is 3. The highest BCUT2D eigenvalue weighted by Crippen LogP contribution is 2.56. The Labute approximate surface area is 233 Å². The van der Waals surface area contributed by atoms with E-state index >= 15 is 4.39 Å². The molecule has 1 saturated carbocycles. The Kier molecular flexibility index (Phi) is 6.28. The number of pyridine rings is 3. The third-order valence-corrected chi connectivity index (χ3v) is 7.63. The number of hydrogen-bond acceptors (Lipinski definition) is 6. The fourth-order valence-electron chi connectivity index (χ4n) is 5.04. The van der Waals surface area contributed by atoms with Crippen molar-refractivity contribution >= 4 is 23.2 Å². The van der Waals surface area contributed by atoms with Gasteiger partial charge >= 0.3 is 0 Å². The van der Waals surface area contributed by atoms with E-state index in [-0.39, 0.29) is 39.4 Å². The highest BCUT2D eigenvalue weighted by Gasteiger charge is 2.42. The van der Waals surface area contributed by atoms with Crippen LogP contribution in [0.2, 0.25) is 10.0 Å². The van der Waals surface area contributed by atoms with E-state index in [1.54, 1.807) is 54.5 Å². The molecule has 1 aliphatic carbocycles. The van der Waals surface area contributed by atoms with Crippen molar-refractivity contribution in [2.45, 2.75) is 32.1 Å². The summed E-state index contributed by atoms with van der Waals surface area (Å²) in [6, 6.07) is 10.5. The fraction of sp³-hybridized carbons (Fsp3) is 0.214. The minimum atomic E-state index is -0.527. The van der Waals surface area contributed by atoms with Gasteiger partial charge in [-0.3, -0.25) is 19.3 Å². The van der Waals surface area contributed by atoms with Crippen molar-refractivity contribution in [1.82, 2.24) is 34.7 Å². The summed E-state index contributed by atoms with van der Waals surface area (Å²) in [5, 5.41) is 12.6. The standard InChI is InChI=1S/C28H22Cl2FN7O/c1-14-11-33-23(18-5-4-6-19(26(18)31)27-34-36-37(3)35-27)10-24(14)38-15(2)7-22(25(30)28(38)39)21-9-20(21)16-8-17(29)13-32-12-16/h4-8,10-13,20-21H,9H2,1-3H3/t20-,21+/m1/s1. The van der Waals surface area contributed by atoms with Gasteiger partial charge in [0.2, 0.25) is 5.82 Å². The van der Waals surface area contributed by atoms with Crippen LogP contribution < -0.4 is 5.56 Å². The Morgan fingerprint density at radius 1 is 1.03 bits per heavy atom. The summed E-state index contributed by atoms with van der Waals surface area (Å²) in [7, 11) is 1.61. The Bertz CT molecular complexity index is 1820. The number of aromatic nitrogens is 7. The molecule has 11 heteroatoms. The van der Waals surface area contributed by atoms with Gasteiger partial charge in [0.1, 0.15) is 10.8 Å². The van der Waals surface area contributed by atoms with Crippen LogP contribution in [0, 0.1) is 19.7 Å². The SMILES string of the molecule is Cc1cnc(-c2cccc(-c3nnn(C)n3)c2F)cc1-n1c(C)cc([C@H]2C[C@@H]2c2cncc(Cl)c2)c(Cl)c1=O. The Morgan fingerprint density at radius 3 is 2.56 bits per heavy atom. The lowest BCUT2D eigenvalue weighted by molar-refractivity contribution is 0.626. The highest BCUT2D eigenvalue weighted by molar-refractivity contribution is 6.31. The summed E-state index contributed by atoms with van der Waals surface area (Å²) >= 11 is 12.8. The molecule has 0 bridgehead atoms. The van der Waals surface area contributed by atoms with Gasteiger partial charge in [0.15, 0.2) is 0 Å². The van der Waals surface area contributed by atoms with Crippen LogP contribution in [0.1, 0.15) is 40.6 Å². The van der Waals surface area contributed by atoms with Gasteiger partial charge in [-0.15, -0.1) is 10.2 Å². The van der Waals surface area contributed by atoms with Gasteiger partial charge in [-0.05, 0) is 84.3 Å². The molecule has 0 aliphatic heterocycles. The third-order valence-electron chi connectivity index (χ3n) is 7.05. The predicted octanol–water partition coefficient (Wildman–Crippen LogP) is 5.82. The summed E-state index contributed by atoms with van der Waals surface area (Å²) < 4.78 is 17.2. The molecule has 0 amide bonds. The van der Waals surface area contributed by atoms with Gasteiger partial charge in [0.05, 0.1) is 29.0 Å². The zero-order valence-electron chi connectivity index (χ0n) is 21.2. The van der Waals surface area contributed by atoms with Gasteiger partial charge in [-0.2, -0.15) is 4.80 Å². The van der Waals surface area contributed by atoms with E-state index in [0.29, 0.717) is 22.1 Å². The molecule has 6 rings (SSSR count). The van der Waals surface area contributed by atoms with Crippen LogP contribution in [-0.4, -0.2) is 34.7 Å². The van der Waals surface area contributed by atoms with Crippen molar-refractivity contribution < 1.29 is 4.39 Å². The summed E-state index contributed by atoms with van der Waals surface area (Å²) in [6.07, 6.45) is 5.88. The number of nitrogens with zero attached hydrogens (tertiary/aromatic N) is 7. The Balaban J connectivity index is 1.40. The maximum absolute atomic E-state index is 15.6. The van der Waals surface area contributed by atoms with Crippen LogP contribution >= 0.6 is 23.2 Å². The molecule has 1 fully saturated rings. The second-order valence-electron chi connectivity index (χ2n) is 9.71. The number of hydrogen-bond donors (Lipinski definition) is 0. The van der Waals surface area contributed by atoms with Crippen LogP contribution in [0.3, 0.4) is 0 Å². The molecule has 1 aliphatic rings. The highest BCUT2D eigenvalue weighted by atomic mass is 35.5. The summed E-state index contributed by atoms with van der Waals surface area (Å²) in [5.41, 5.74) is 4.36. The fourth-order valence-corrected chi connectivity index (χ4v) is 5.50. The van der Waals surface area contributed by atoms with Crippen molar-refractivity contribution in [2.75, 3.05) is 0 Å². The van der Waals surface area contributed by atoms with Gasteiger partial charge in [-0.1, -0.05) is 29.3 Å². The molecular formula is C28H22Cl2FN7O. The summed E-state index contributed by atoms with van der Waals surface area (Å²) in [5.74, 6) is -0.0396. The van der Waals surface area contributed by atoms with Gasteiger partial charge in [-0.25, -0.2) is 4.39 Å². The second kappa shape index (κ2) is 9.66. The number of benzene rings is 1. The van der Waals surface area contributed by atoms with Gasteiger partial charge in [0, 0.05) is 29.8 Å². The molecule has 0 N–H and O–H groups in total. The van der Waals surface area contributed by atoms with Crippen LogP contribution in [0.25, 0.3) is 28.3 Å². The summed E-state index contributed by atoms with van der Waals surface area (Å²) in [4.78, 5) is 23.5. The van der Waals surface area contributed by atoms with E-state index in [2.05, 4.69) is 25.4 Å². The molecule has 1 aromatic carbocycles. The van der Waals surface area contributed by atoms with Crippen molar-refractivity contribution in [1.29, 1.82) is 0 Å². The van der Waals surface area contributed by atoms with Crippen LogP contribution in [0.4, 0.5) is 4.39 Å². The molecule has 0 saturated heterocycles. The van der Waals surface area contributed by atoms with E-state index in [1.165, 1.54) is 4.80 Å². The van der Waals surface area contributed by atoms with E-state index < -0.39 is 5.82 Å². The molecule has 5 aromatic rings. The zero-order valence-corrected chi connectivity index (χ0v) is 22.7. The number of tetrazole rings is 1. The minimum absolute atomic E-state index is 0.111. The maximum Gasteiger partial charge on any atom is 0.274 e. The monoisotopic (exact) mass is 561 g/mol. The molecule has 196 valence electrons. The maximum atomic E-state index is 15.6. The van der Waals surface area contributed by atoms with Gasteiger partial charge < -0.3 is 0 Å². The first-order chi connectivity index (χ1) is 18.7. The van der Waals surface area contributed by atoms with E-state index in [4.69, 9.17) is 23.2 Å². The van der Waals surface area contributed by atoms with E-state index in [0.717, 1.165) is 23.1 Å². The number of halogens is 3. The largest absolute Gasteiger partial charge is 0.280 e. The predicted molar refractivity (Wildman–Crippen MR) is 147 cm³/mol. The molecule has 8 nitrogen and oxygen atoms in total. The van der Waals surface area contributed by atoms with Crippen molar-refractivity contribution in [3.63, 3.8) is 0 Å². The molecular weight excluding hydrogens is 540 g/mol. The lowest BCUT2D eigenvalue weighted by Gasteiger charge is -2.17. The lowest BCUT2D eigenvalue weighted by atomic mass is 10.0. The van der Waals surface area contributed by atoms with Crippen LogP contribution in [-0.2, 0) is 7.05 Å². The first kappa shape index (κ1) is 25.3. The minimum Gasteiger partial charge on any atom is -0.280 e. The molecule has 0 spiro atoms. The third kappa shape index (κ3) is 4.51. The zero-order chi connectivity index (χ0) is 27.4. The molecule has 0 radical (unpaired) electrons. The smallest absolute Gasteiger partial charge is 0.274 e. The first-order valence-corrected chi connectivity index (χ1v) is 13.0. The average molecular weight is 562 g/mol. The Morgan fingerprint density at radius 2 is 1.82 bits per heavy atom. The molecule has 2 atom stereocenters. The van der Waals surface area contributed by atoms with Crippen LogP contribution in [0.5, 0.6) is 0 Å².